The smallest absolute Gasteiger partial charge is 0.273 e. The number of rotatable bonds is 5. The molecule has 2 rings (SSSR count). The SMILES string of the molecule is Oc1ccc(-c2ccc(Cl)cc2)c(CCC[Si](Cl)Cl)c1. The fraction of sp³-hybridized carbons (Fsp3) is 0.200. The van der Waals surface area contributed by atoms with Crippen LogP contribution in [0.25, 0.3) is 11.1 Å². The Hall–Kier alpha value is -0.673. The van der Waals surface area contributed by atoms with Crippen molar-refractivity contribution >= 4 is 41.2 Å². The molecule has 0 saturated carbocycles. The number of hydrogen-bond donors (Lipinski definition) is 1. The Labute approximate surface area is 135 Å². The lowest BCUT2D eigenvalue weighted by molar-refractivity contribution is 0.474. The lowest BCUT2D eigenvalue weighted by Gasteiger charge is -2.11. The van der Waals surface area contributed by atoms with Gasteiger partial charge in [-0.3, -0.25) is 0 Å². The summed E-state index contributed by atoms with van der Waals surface area (Å²) in [5, 5.41) is 10.4. The van der Waals surface area contributed by atoms with Crippen LogP contribution in [0.3, 0.4) is 0 Å². The molecule has 2 aromatic rings. The Morgan fingerprint density at radius 3 is 2.35 bits per heavy atom. The monoisotopic (exact) mass is 343 g/mol. The second kappa shape index (κ2) is 7.37. The first-order valence-corrected chi connectivity index (χ1v) is 10.4. The summed E-state index contributed by atoms with van der Waals surface area (Å²) in [5.41, 5.74) is 3.30. The molecule has 0 spiro atoms. The minimum Gasteiger partial charge on any atom is -0.508 e. The molecule has 0 aliphatic rings. The van der Waals surface area contributed by atoms with Crippen LogP contribution in [0.15, 0.2) is 42.5 Å². The molecule has 2 aromatic carbocycles. The number of aromatic hydroxyl groups is 1. The Morgan fingerprint density at radius 1 is 1.00 bits per heavy atom. The van der Waals surface area contributed by atoms with E-state index in [4.69, 9.17) is 33.8 Å². The van der Waals surface area contributed by atoms with Crippen molar-refractivity contribution in [2.45, 2.75) is 18.9 Å². The summed E-state index contributed by atoms with van der Waals surface area (Å²) in [6, 6.07) is 14.0. The van der Waals surface area contributed by atoms with E-state index in [0.29, 0.717) is 5.02 Å². The number of aryl methyl sites for hydroxylation is 1. The lowest BCUT2D eigenvalue weighted by atomic mass is 9.96. The third kappa shape index (κ3) is 4.42. The molecular formula is C15H14Cl3OSi. The van der Waals surface area contributed by atoms with Crippen molar-refractivity contribution in [1.29, 1.82) is 0 Å². The van der Waals surface area contributed by atoms with E-state index in [0.717, 1.165) is 35.6 Å². The van der Waals surface area contributed by atoms with Gasteiger partial charge in [-0.25, -0.2) is 0 Å². The molecule has 1 N–H and O–H groups in total. The molecule has 0 amide bonds. The molecule has 0 saturated heterocycles. The minimum absolute atomic E-state index is 0.278. The van der Waals surface area contributed by atoms with Crippen molar-refractivity contribution in [2.24, 2.45) is 0 Å². The Kier molecular flexibility index (Phi) is 5.79. The average molecular weight is 345 g/mol. The van der Waals surface area contributed by atoms with Crippen molar-refractivity contribution in [3.05, 3.63) is 53.1 Å². The van der Waals surface area contributed by atoms with Gasteiger partial charge in [0.2, 0.25) is 0 Å². The van der Waals surface area contributed by atoms with Crippen LogP contribution in [-0.4, -0.2) is 12.5 Å². The summed E-state index contributed by atoms with van der Waals surface area (Å²) in [4.78, 5) is 0. The highest BCUT2D eigenvalue weighted by molar-refractivity contribution is 7.33. The molecule has 20 heavy (non-hydrogen) atoms. The fourth-order valence-electron chi connectivity index (χ4n) is 2.11. The van der Waals surface area contributed by atoms with E-state index in [1.807, 2.05) is 30.3 Å². The number of phenols is 1. The molecule has 0 atom stereocenters. The fourth-order valence-corrected chi connectivity index (χ4v) is 3.48. The third-order valence-corrected chi connectivity index (χ3v) is 5.17. The first kappa shape index (κ1) is 15.7. The Balaban J connectivity index is 2.25. The quantitative estimate of drug-likeness (QED) is 0.552. The van der Waals surface area contributed by atoms with Crippen molar-refractivity contribution in [1.82, 2.24) is 0 Å². The maximum absolute atomic E-state index is 9.67. The van der Waals surface area contributed by atoms with Gasteiger partial charge in [-0.05, 0) is 59.8 Å². The van der Waals surface area contributed by atoms with Crippen LogP contribution in [0.4, 0.5) is 0 Å². The number of hydrogen-bond acceptors (Lipinski definition) is 1. The lowest BCUT2D eigenvalue weighted by Crippen LogP contribution is -1.96. The zero-order valence-electron chi connectivity index (χ0n) is 10.7. The van der Waals surface area contributed by atoms with Gasteiger partial charge in [-0.1, -0.05) is 29.8 Å². The highest BCUT2D eigenvalue weighted by Crippen LogP contribution is 2.29. The third-order valence-electron chi connectivity index (χ3n) is 3.06. The van der Waals surface area contributed by atoms with Gasteiger partial charge < -0.3 is 5.11 Å². The van der Waals surface area contributed by atoms with E-state index in [1.165, 1.54) is 0 Å². The number of benzene rings is 2. The highest BCUT2D eigenvalue weighted by Gasteiger charge is 2.09. The minimum atomic E-state index is -1.23. The summed E-state index contributed by atoms with van der Waals surface area (Å²) in [7, 11) is -1.23. The predicted molar refractivity (Wildman–Crippen MR) is 89.1 cm³/mol. The van der Waals surface area contributed by atoms with Gasteiger partial charge in [-0.15, -0.1) is 22.2 Å². The zero-order chi connectivity index (χ0) is 14.5. The Morgan fingerprint density at radius 2 is 1.70 bits per heavy atom. The molecule has 0 fully saturated rings. The van der Waals surface area contributed by atoms with Crippen molar-refractivity contribution in [2.75, 3.05) is 0 Å². The van der Waals surface area contributed by atoms with Crippen molar-refractivity contribution in [3.8, 4) is 16.9 Å². The van der Waals surface area contributed by atoms with Gasteiger partial charge in [0.25, 0.3) is 7.42 Å². The maximum atomic E-state index is 9.67. The van der Waals surface area contributed by atoms with E-state index in [-0.39, 0.29) is 5.75 Å². The molecule has 1 nitrogen and oxygen atoms in total. The normalized spacial score (nSPS) is 11.0. The largest absolute Gasteiger partial charge is 0.508 e. The topological polar surface area (TPSA) is 20.2 Å². The summed E-state index contributed by atoms with van der Waals surface area (Å²) < 4.78 is 0. The van der Waals surface area contributed by atoms with Gasteiger partial charge >= 0.3 is 0 Å². The van der Waals surface area contributed by atoms with E-state index >= 15 is 0 Å². The summed E-state index contributed by atoms with van der Waals surface area (Å²) in [6.45, 7) is 0. The molecule has 0 bridgehead atoms. The second-order valence-electron chi connectivity index (χ2n) is 4.54. The summed E-state index contributed by atoms with van der Waals surface area (Å²) >= 11 is 17.6. The Bertz CT molecular complexity index is 570. The molecule has 0 aliphatic carbocycles. The van der Waals surface area contributed by atoms with Crippen molar-refractivity contribution < 1.29 is 5.11 Å². The van der Waals surface area contributed by atoms with Gasteiger partial charge in [0.15, 0.2) is 0 Å². The van der Waals surface area contributed by atoms with E-state index in [2.05, 4.69) is 0 Å². The standard InChI is InChI=1S/C15H14Cl3OSi/c16-13-5-3-11(4-6-13)15-8-7-14(19)10-12(15)2-1-9-20(17)18/h3-8,10,19H,1-2,9H2. The van der Waals surface area contributed by atoms with Crippen LogP contribution in [0.1, 0.15) is 12.0 Å². The van der Waals surface area contributed by atoms with Crippen molar-refractivity contribution in [3.63, 3.8) is 0 Å². The molecule has 0 unspecified atom stereocenters. The van der Waals surface area contributed by atoms with Crippen LogP contribution >= 0.6 is 33.8 Å². The highest BCUT2D eigenvalue weighted by atomic mass is 35.7. The van der Waals surface area contributed by atoms with E-state index < -0.39 is 7.42 Å². The zero-order valence-corrected chi connectivity index (χ0v) is 14.0. The van der Waals surface area contributed by atoms with E-state index in [9.17, 15) is 5.11 Å². The van der Waals surface area contributed by atoms with Crippen LogP contribution < -0.4 is 0 Å². The molecule has 0 aliphatic heterocycles. The predicted octanol–water partition coefficient (Wildman–Crippen LogP) is 5.61. The molecule has 5 heteroatoms. The van der Waals surface area contributed by atoms with E-state index in [1.54, 1.807) is 12.1 Å². The second-order valence-corrected chi connectivity index (χ2v) is 9.47. The first-order valence-electron chi connectivity index (χ1n) is 6.31. The van der Waals surface area contributed by atoms with Crippen LogP contribution in [-0.2, 0) is 6.42 Å². The van der Waals surface area contributed by atoms with Gasteiger partial charge in [0, 0.05) is 5.02 Å². The molecular weight excluding hydrogens is 331 g/mol. The first-order chi connectivity index (χ1) is 9.56. The average Bonchev–Trinajstić information content (AvgIpc) is 2.40. The van der Waals surface area contributed by atoms with Crippen LogP contribution in [0.2, 0.25) is 11.1 Å². The molecule has 105 valence electrons. The van der Waals surface area contributed by atoms with Crippen LogP contribution in [0.5, 0.6) is 5.75 Å². The molecule has 0 aromatic heterocycles. The van der Waals surface area contributed by atoms with Gasteiger partial charge in [0.1, 0.15) is 5.75 Å². The summed E-state index contributed by atoms with van der Waals surface area (Å²) in [6.07, 6.45) is 1.77. The number of phenolic OH excluding ortho intramolecular Hbond substituents is 1. The van der Waals surface area contributed by atoms with Gasteiger partial charge in [0.05, 0.1) is 0 Å². The van der Waals surface area contributed by atoms with Gasteiger partial charge in [-0.2, -0.15) is 0 Å². The maximum Gasteiger partial charge on any atom is 0.273 e. The molecule has 0 heterocycles. The summed E-state index contributed by atoms with van der Waals surface area (Å²) in [5.74, 6) is 0.278. The number of halogens is 3. The van der Waals surface area contributed by atoms with Crippen LogP contribution in [0, 0.1) is 0 Å². The molecule has 1 radical (unpaired) electrons.